The first-order chi connectivity index (χ1) is 10.1. The van der Waals surface area contributed by atoms with Crippen LogP contribution in [0.4, 0.5) is 0 Å². The Bertz CT molecular complexity index is 457. The van der Waals surface area contributed by atoms with E-state index in [1.165, 1.54) is 24.0 Å². The van der Waals surface area contributed by atoms with Crippen molar-refractivity contribution in [1.82, 2.24) is 5.32 Å². The van der Waals surface area contributed by atoms with Gasteiger partial charge in [-0.15, -0.1) is 0 Å². The minimum atomic E-state index is -0.727. The van der Waals surface area contributed by atoms with Gasteiger partial charge in [-0.3, -0.25) is 4.21 Å². The second-order valence-corrected chi connectivity index (χ2v) is 8.14. The number of aryl methyl sites for hydroxylation is 1. The lowest BCUT2D eigenvalue weighted by Gasteiger charge is -2.27. The van der Waals surface area contributed by atoms with Gasteiger partial charge in [0.25, 0.3) is 0 Å². The monoisotopic (exact) mass is 307 g/mol. The van der Waals surface area contributed by atoms with Crippen LogP contribution in [-0.2, 0) is 17.2 Å². The van der Waals surface area contributed by atoms with Crippen LogP contribution in [0.1, 0.15) is 56.7 Å². The molecule has 1 aliphatic rings. The quantitative estimate of drug-likeness (QED) is 0.865. The maximum atomic E-state index is 12.7. The summed E-state index contributed by atoms with van der Waals surface area (Å²) in [6.07, 6.45) is 5.89. The molecule has 1 saturated carbocycles. The Labute approximate surface area is 132 Å². The summed E-state index contributed by atoms with van der Waals surface area (Å²) in [5, 5.41) is 3.75. The highest BCUT2D eigenvalue weighted by Gasteiger charge is 2.25. The van der Waals surface area contributed by atoms with Crippen LogP contribution in [-0.4, -0.2) is 22.3 Å². The smallest absolute Gasteiger partial charge is 0.0434 e. The van der Waals surface area contributed by atoms with Crippen molar-refractivity contribution >= 4 is 10.8 Å². The molecule has 118 valence electrons. The Morgan fingerprint density at radius 3 is 2.57 bits per heavy atom. The van der Waals surface area contributed by atoms with E-state index >= 15 is 0 Å². The minimum Gasteiger partial charge on any atom is -0.312 e. The van der Waals surface area contributed by atoms with Crippen LogP contribution in [0.25, 0.3) is 0 Å². The zero-order chi connectivity index (χ0) is 15.2. The lowest BCUT2D eigenvalue weighted by molar-refractivity contribution is 0.388. The SMILES string of the molecule is CCc1ccc(C(CS(=O)C2CCCC(C)C2)NC)cc1. The van der Waals surface area contributed by atoms with E-state index in [1.807, 2.05) is 7.05 Å². The van der Waals surface area contributed by atoms with Crippen LogP contribution in [0.15, 0.2) is 24.3 Å². The molecule has 3 heteroatoms. The molecule has 0 bridgehead atoms. The van der Waals surface area contributed by atoms with Crippen LogP contribution in [0.5, 0.6) is 0 Å². The fraction of sp³-hybridized carbons (Fsp3) is 0.667. The van der Waals surface area contributed by atoms with Gasteiger partial charge < -0.3 is 5.32 Å². The lowest BCUT2D eigenvalue weighted by atomic mass is 9.91. The largest absolute Gasteiger partial charge is 0.312 e. The Morgan fingerprint density at radius 1 is 1.29 bits per heavy atom. The number of hydrogen-bond donors (Lipinski definition) is 1. The van der Waals surface area contributed by atoms with Gasteiger partial charge in [-0.1, -0.05) is 51.0 Å². The van der Waals surface area contributed by atoms with Crippen molar-refractivity contribution in [2.75, 3.05) is 12.8 Å². The van der Waals surface area contributed by atoms with Gasteiger partial charge in [0.1, 0.15) is 0 Å². The Morgan fingerprint density at radius 2 is 2.00 bits per heavy atom. The zero-order valence-electron chi connectivity index (χ0n) is 13.6. The van der Waals surface area contributed by atoms with Gasteiger partial charge in [0, 0.05) is 27.8 Å². The second-order valence-electron chi connectivity index (χ2n) is 6.38. The van der Waals surface area contributed by atoms with E-state index in [9.17, 15) is 4.21 Å². The second kappa shape index (κ2) is 8.09. The van der Waals surface area contributed by atoms with E-state index in [0.717, 1.165) is 30.9 Å². The van der Waals surface area contributed by atoms with Crippen molar-refractivity contribution in [1.29, 1.82) is 0 Å². The highest BCUT2D eigenvalue weighted by molar-refractivity contribution is 7.85. The van der Waals surface area contributed by atoms with E-state index in [2.05, 4.69) is 43.4 Å². The fourth-order valence-corrected chi connectivity index (χ4v) is 5.18. The van der Waals surface area contributed by atoms with Gasteiger partial charge in [0.05, 0.1) is 0 Å². The third-order valence-electron chi connectivity index (χ3n) is 4.73. The summed E-state index contributed by atoms with van der Waals surface area (Å²) in [6.45, 7) is 4.46. The highest BCUT2D eigenvalue weighted by Crippen LogP contribution is 2.28. The maximum absolute atomic E-state index is 12.7. The maximum Gasteiger partial charge on any atom is 0.0434 e. The molecule has 1 fully saturated rings. The lowest BCUT2D eigenvalue weighted by Crippen LogP contribution is -2.30. The molecule has 2 nitrogen and oxygen atoms in total. The zero-order valence-corrected chi connectivity index (χ0v) is 14.4. The number of benzene rings is 1. The molecule has 1 aromatic carbocycles. The summed E-state index contributed by atoms with van der Waals surface area (Å²) in [5.41, 5.74) is 2.61. The first-order valence-corrected chi connectivity index (χ1v) is 9.65. The molecule has 0 heterocycles. The molecule has 0 saturated heterocycles. The standard InChI is InChI=1S/C18H29NOS/c1-4-15-8-10-16(11-9-15)18(19-3)13-21(20)17-7-5-6-14(2)12-17/h8-11,14,17-19H,4-7,12-13H2,1-3H3. The van der Waals surface area contributed by atoms with Gasteiger partial charge in [-0.2, -0.15) is 0 Å². The van der Waals surface area contributed by atoms with Crippen LogP contribution in [0.2, 0.25) is 0 Å². The van der Waals surface area contributed by atoms with Crippen LogP contribution in [0, 0.1) is 5.92 Å². The number of nitrogens with one attached hydrogen (secondary N) is 1. The molecule has 2 rings (SSSR count). The molecular formula is C18H29NOS. The van der Waals surface area contributed by atoms with Gasteiger partial charge in [0.2, 0.25) is 0 Å². The topological polar surface area (TPSA) is 29.1 Å². The third-order valence-corrected chi connectivity index (χ3v) is 6.56. The predicted molar refractivity (Wildman–Crippen MR) is 92.1 cm³/mol. The molecule has 4 unspecified atom stereocenters. The molecule has 0 aromatic heterocycles. The highest BCUT2D eigenvalue weighted by atomic mass is 32.2. The predicted octanol–water partition coefficient (Wildman–Crippen LogP) is 3.84. The van der Waals surface area contributed by atoms with Crippen LogP contribution in [0.3, 0.4) is 0 Å². The van der Waals surface area contributed by atoms with E-state index < -0.39 is 10.8 Å². The van der Waals surface area contributed by atoms with Crippen molar-refractivity contribution in [3.05, 3.63) is 35.4 Å². The fourth-order valence-electron chi connectivity index (χ4n) is 3.25. The van der Waals surface area contributed by atoms with E-state index in [-0.39, 0.29) is 6.04 Å². The number of rotatable bonds is 6. The molecular weight excluding hydrogens is 278 g/mol. The molecule has 0 amide bonds. The van der Waals surface area contributed by atoms with E-state index in [4.69, 9.17) is 0 Å². The number of hydrogen-bond acceptors (Lipinski definition) is 2. The summed E-state index contributed by atoms with van der Waals surface area (Å²) in [5.74, 6) is 1.48. The summed E-state index contributed by atoms with van der Waals surface area (Å²) in [6, 6.07) is 8.94. The first-order valence-electron chi connectivity index (χ1n) is 8.27. The molecule has 0 aliphatic heterocycles. The Balaban J connectivity index is 1.98. The molecule has 1 N–H and O–H groups in total. The van der Waals surface area contributed by atoms with Crippen molar-refractivity contribution in [2.45, 2.75) is 57.2 Å². The van der Waals surface area contributed by atoms with Gasteiger partial charge in [0.15, 0.2) is 0 Å². The van der Waals surface area contributed by atoms with Crippen molar-refractivity contribution in [3.8, 4) is 0 Å². The third kappa shape index (κ3) is 4.65. The van der Waals surface area contributed by atoms with Crippen molar-refractivity contribution in [3.63, 3.8) is 0 Å². The van der Waals surface area contributed by atoms with Crippen molar-refractivity contribution in [2.24, 2.45) is 5.92 Å². The summed E-state index contributed by atoms with van der Waals surface area (Å²) in [4.78, 5) is 0. The summed E-state index contributed by atoms with van der Waals surface area (Å²) >= 11 is 0. The normalized spacial score (nSPS) is 25.5. The van der Waals surface area contributed by atoms with Crippen LogP contribution < -0.4 is 5.32 Å². The van der Waals surface area contributed by atoms with Gasteiger partial charge in [-0.25, -0.2) is 0 Å². The summed E-state index contributed by atoms with van der Waals surface area (Å²) in [7, 11) is 1.24. The Hall–Kier alpha value is -0.670. The van der Waals surface area contributed by atoms with Crippen molar-refractivity contribution < 1.29 is 4.21 Å². The molecule has 0 spiro atoms. The van der Waals surface area contributed by atoms with Gasteiger partial charge in [-0.05, 0) is 43.4 Å². The summed E-state index contributed by atoms with van der Waals surface area (Å²) < 4.78 is 12.7. The minimum absolute atomic E-state index is 0.203. The van der Waals surface area contributed by atoms with E-state index in [1.54, 1.807) is 0 Å². The molecule has 4 atom stereocenters. The van der Waals surface area contributed by atoms with Crippen LogP contribution >= 0.6 is 0 Å². The average Bonchev–Trinajstić information content (AvgIpc) is 2.52. The van der Waals surface area contributed by atoms with Gasteiger partial charge >= 0.3 is 0 Å². The Kier molecular flexibility index (Phi) is 6.43. The first kappa shape index (κ1) is 16.7. The average molecular weight is 308 g/mol. The van der Waals surface area contributed by atoms with E-state index in [0.29, 0.717) is 5.25 Å². The molecule has 0 radical (unpaired) electrons. The molecule has 21 heavy (non-hydrogen) atoms. The molecule has 1 aromatic rings. The molecule has 1 aliphatic carbocycles.